The highest BCUT2D eigenvalue weighted by Crippen LogP contribution is 2.56. The van der Waals surface area contributed by atoms with E-state index in [2.05, 4.69) is 245 Å². The van der Waals surface area contributed by atoms with Crippen molar-refractivity contribution in [2.75, 3.05) is 4.90 Å². The van der Waals surface area contributed by atoms with E-state index in [0.717, 1.165) is 17.1 Å². The fourth-order valence-corrected chi connectivity index (χ4v) is 10.6. The van der Waals surface area contributed by atoms with Gasteiger partial charge in [-0.2, -0.15) is 0 Å². The van der Waals surface area contributed by atoms with Crippen LogP contribution in [0.5, 0.6) is 0 Å². The van der Waals surface area contributed by atoms with Crippen molar-refractivity contribution < 1.29 is 0 Å². The SMILES string of the molecule is CC1(C)c2ccccc2-c2ccc(N(c3ccccc3-c3cccc4c3-c3ccccc3C4(C)C)c3cccc(-c4ccccc4)c3-c3ccccc3-c3ccccc3)cc21. The molecule has 61 heavy (non-hydrogen) atoms. The molecule has 9 aromatic carbocycles. The van der Waals surface area contributed by atoms with Gasteiger partial charge in [0.05, 0.1) is 11.4 Å². The van der Waals surface area contributed by atoms with E-state index >= 15 is 0 Å². The lowest BCUT2D eigenvalue weighted by Gasteiger charge is -2.33. The minimum absolute atomic E-state index is 0.116. The zero-order valence-electron chi connectivity index (χ0n) is 35.2. The Kier molecular flexibility index (Phi) is 8.58. The topological polar surface area (TPSA) is 3.24 Å². The molecule has 0 N–H and O–H groups in total. The number of para-hydroxylation sites is 1. The van der Waals surface area contributed by atoms with Crippen molar-refractivity contribution in [1.82, 2.24) is 0 Å². The Hall–Kier alpha value is -7.22. The van der Waals surface area contributed by atoms with Gasteiger partial charge >= 0.3 is 0 Å². The third-order valence-electron chi connectivity index (χ3n) is 13.5. The summed E-state index contributed by atoms with van der Waals surface area (Å²) in [6, 6.07) is 78.7. The molecule has 0 aromatic heterocycles. The minimum atomic E-state index is -0.169. The van der Waals surface area contributed by atoms with Crippen LogP contribution in [-0.4, -0.2) is 0 Å². The molecule has 1 heteroatoms. The van der Waals surface area contributed by atoms with Gasteiger partial charge in [0.25, 0.3) is 0 Å². The van der Waals surface area contributed by atoms with Gasteiger partial charge in [-0.05, 0) is 102 Å². The molecule has 9 aromatic rings. The number of hydrogen-bond acceptors (Lipinski definition) is 1. The van der Waals surface area contributed by atoms with E-state index in [1.54, 1.807) is 0 Å². The van der Waals surface area contributed by atoms with Crippen molar-refractivity contribution in [2.45, 2.75) is 38.5 Å². The summed E-state index contributed by atoms with van der Waals surface area (Å²) in [6.07, 6.45) is 0. The van der Waals surface area contributed by atoms with E-state index in [4.69, 9.17) is 0 Å². The smallest absolute Gasteiger partial charge is 0.0546 e. The second kappa shape index (κ2) is 14.2. The summed E-state index contributed by atoms with van der Waals surface area (Å²) in [4.78, 5) is 2.56. The predicted molar refractivity (Wildman–Crippen MR) is 258 cm³/mol. The van der Waals surface area contributed by atoms with Crippen LogP contribution in [0.25, 0.3) is 66.8 Å². The molecule has 0 radical (unpaired) electrons. The number of rotatable bonds is 7. The average molecular weight is 782 g/mol. The average Bonchev–Trinajstić information content (AvgIpc) is 3.69. The Morgan fingerprint density at radius 2 is 0.738 bits per heavy atom. The van der Waals surface area contributed by atoms with Gasteiger partial charge in [-0.15, -0.1) is 0 Å². The maximum atomic E-state index is 2.56. The van der Waals surface area contributed by atoms with Crippen molar-refractivity contribution in [3.8, 4) is 66.8 Å². The van der Waals surface area contributed by atoms with Crippen molar-refractivity contribution in [2.24, 2.45) is 0 Å². The lowest BCUT2D eigenvalue weighted by atomic mass is 9.81. The summed E-state index contributed by atoms with van der Waals surface area (Å²) in [6.45, 7) is 9.50. The van der Waals surface area contributed by atoms with Crippen LogP contribution in [0.2, 0.25) is 0 Å². The Balaban J connectivity index is 1.24. The predicted octanol–water partition coefficient (Wildman–Crippen LogP) is 16.4. The van der Waals surface area contributed by atoms with Gasteiger partial charge in [0.1, 0.15) is 0 Å². The summed E-state index contributed by atoms with van der Waals surface area (Å²) < 4.78 is 0. The third kappa shape index (κ3) is 5.76. The van der Waals surface area contributed by atoms with Gasteiger partial charge in [0, 0.05) is 27.6 Å². The van der Waals surface area contributed by atoms with Crippen LogP contribution in [-0.2, 0) is 10.8 Å². The maximum Gasteiger partial charge on any atom is 0.0546 e. The van der Waals surface area contributed by atoms with E-state index < -0.39 is 0 Å². The van der Waals surface area contributed by atoms with Crippen LogP contribution in [0.3, 0.4) is 0 Å². The lowest BCUT2D eigenvalue weighted by Crippen LogP contribution is -2.17. The second-order valence-corrected chi connectivity index (χ2v) is 17.6. The normalized spacial score (nSPS) is 13.8. The molecule has 0 unspecified atom stereocenters. The van der Waals surface area contributed by atoms with Crippen LogP contribution in [0.1, 0.15) is 49.9 Å². The van der Waals surface area contributed by atoms with E-state index in [9.17, 15) is 0 Å². The molecule has 0 aliphatic heterocycles. The standard InChI is InChI=1S/C60H47N/c1-59(2)52-33-17-14-29-50(52)57-49(31-19-34-53(57)59)47-27-15-18-35-55(47)61(42-37-38-46-45-26-13-16-32-51(45)60(3,4)54(46)39-42)56-36-20-30-44(41-23-9-6-10-24-41)58(56)48-28-12-11-25-43(48)40-21-7-5-8-22-40/h5-39H,1-4H3. The molecule has 2 aliphatic carbocycles. The molecular weight excluding hydrogens is 735 g/mol. The maximum absolute atomic E-state index is 2.56. The van der Waals surface area contributed by atoms with Gasteiger partial charge in [0.15, 0.2) is 0 Å². The lowest BCUT2D eigenvalue weighted by molar-refractivity contribution is 0.660. The Morgan fingerprint density at radius 3 is 1.46 bits per heavy atom. The quantitative estimate of drug-likeness (QED) is 0.156. The molecule has 0 atom stereocenters. The van der Waals surface area contributed by atoms with Gasteiger partial charge in [0.2, 0.25) is 0 Å². The van der Waals surface area contributed by atoms with Crippen molar-refractivity contribution >= 4 is 17.1 Å². The summed E-state index contributed by atoms with van der Waals surface area (Å²) >= 11 is 0. The van der Waals surface area contributed by atoms with E-state index in [0.29, 0.717) is 0 Å². The van der Waals surface area contributed by atoms with Gasteiger partial charge < -0.3 is 4.90 Å². The first-order chi connectivity index (χ1) is 29.8. The molecule has 0 bridgehead atoms. The monoisotopic (exact) mass is 781 g/mol. The van der Waals surface area contributed by atoms with E-state index in [1.807, 2.05) is 0 Å². The minimum Gasteiger partial charge on any atom is -0.309 e. The van der Waals surface area contributed by atoms with Gasteiger partial charge in [-0.3, -0.25) is 0 Å². The first-order valence-electron chi connectivity index (χ1n) is 21.5. The van der Waals surface area contributed by atoms with Crippen molar-refractivity contribution in [3.63, 3.8) is 0 Å². The summed E-state index contributed by atoms with van der Waals surface area (Å²) in [5, 5.41) is 0. The van der Waals surface area contributed by atoms with Crippen LogP contribution >= 0.6 is 0 Å². The van der Waals surface area contributed by atoms with Crippen LogP contribution in [0.4, 0.5) is 17.1 Å². The summed E-state index contributed by atoms with van der Waals surface area (Å²) in [5.74, 6) is 0. The first kappa shape index (κ1) is 36.8. The number of anilines is 3. The van der Waals surface area contributed by atoms with Crippen LogP contribution in [0.15, 0.2) is 212 Å². The molecule has 0 fully saturated rings. The van der Waals surface area contributed by atoms with Crippen molar-refractivity contribution in [1.29, 1.82) is 0 Å². The number of fused-ring (bicyclic) bond motifs is 6. The number of benzene rings is 9. The zero-order valence-corrected chi connectivity index (χ0v) is 35.2. The molecule has 0 saturated heterocycles. The summed E-state index contributed by atoms with van der Waals surface area (Å²) in [5.41, 5.74) is 23.4. The van der Waals surface area contributed by atoms with E-state index in [-0.39, 0.29) is 10.8 Å². The Bertz CT molecular complexity index is 3130. The summed E-state index contributed by atoms with van der Waals surface area (Å²) in [7, 11) is 0. The number of hydrogen-bond donors (Lipinski definition) is 0. The fourth-order valence-electron chi connectivity index (χ4n) is 10.6. The van der Waals surface area contributed by atoms with Gasteiger partial charge in [-0.25, -0.2) is 0 Å². The number of nitrogens with zero attached hydrogens (tertiary/aromatic N) is 1. The van der Waals surface area contributed by atoms with Crippen LogP contribution in [0, 0.1) is 0 Å². The molecule has 2 aliphatic rings. The highest BCUT2D eigenvalue weighted by molar-refractivity contribution is 6.04. The van der Waals surface area contributed by atoms with Crippen LogP contribution < -0.4 is 4.90 Å². The fraction of sp³-hybridized carbons (Fsp3) is 0.100. The highest BCUT2D eigenvalue weighted by Gasteiger charge is 2.38. The molecule has 0 spiro atoms. The highest BCUT2D eigenvalue weighted by atomic mass is 15.1. The zero-order chi connectivity index (χ0) is 41.3. The molecule has 0 saturated carbocycles. The molecule has 0 amide bonds. The first-order valence-corrected chi connectivity index (χ1v) is 21.5. The van der Waals surface area contributed by atoms with Crippen molar-refractivity contribution in [3.05, 3.63) is 235 Å². The molecular formula is C60H47N. The third-order valence-corrected chi connectivity index (χ3v) is 13.5. The molecule has 1 nitrogen and oxygen atoms in total. The molecule has 292 valence electrons. The van der Waals surface area contributed by atoms with Gasteiger partial charge in [-0.1, -0.05) is 216 Å². The second-order valence-electron chi connectivity index (χ2n) is 17.6. The Labute approximate surface area is 360 Å². The molecule has 11 rings (SSSR count). The Morgan fingerprint density at radius 1 is 0.279 bits per heavy atom. The van der Waals surface area contributed by atoms with E-state index in [1.165, 1.54) is 89.0 Å². The largest absolute Gasteiger partial charge is 0.309 e. The molecule has 0 heterocycles.